The molecule has 0 amide bonds. The molecular formula is C15H30N4O2. The second-order valence-electron chi connectivity index (χ2n) is 5.92. The summed E-state index contributed by atoms with van der Waals surface area (Å²) in [6, 6.07) is 0. The van der Waals surface area contributed by atoms with Crippen LogP contribution in [0.1, 0.15) is 57.6 Å². The molecule has 0 radical (unpaired) electrons. The molecule has 0 aliphatic heterocycles. The lowest BCUT2D eigenvalue weighted by Crippen LogP contribution is -2.47. The van der Waals surface area contributed by atoms with Crippen molar-refractivity contribution < 1.29 is 10.2 Å². The molecule has 0 spiro atoms. The van der Waals surface area contributed by atoms with Crippen LogP contribution in [0.15, 0.2) is 6.20 Å². The van der Waals surface area contributed by atoms with Crippen LogP contribution in [0.2, 0.25) is 0 Å². The van der Waals surface area contributed by atoms with E-state index in [1.54, 1.807) is 0 Å². The summed E-state index contributed by atoms with van der Waals surface area (Å²) in [5.74, 6) is 0. The summed E-state index contributed by atoms with van der Waals surface area (Å²) in [4.78, 5) is 0. The van der Waals surface area contributed by atoms with E-state index in [1.807, 2.05) is 10.9 Å². The number of aromatic nitrogens is 3. The number of aryl methyl sites for hydroxylation is 2. The van der Waals surface area contributed by atoms with Crippen molar-refractivity contribution in [2.24, 2.45) is 5.73 Å². The number of unbranched alkanes of at least 4 members (excludes halogenated alkanes) is 5. The van der Waals surface area contributed by atoms with Crippen LogP contribution in [0.25, 0.3) is 0 Å². The van der Waals surface area contributed by atoms with Crippen molar-refractivity contribution in [3.8, 4) is 0 Å². The van der Waals surface area contributed by atoms with Crippen LogP contribution in [-0.4, -0.2) is 44.0 Å². The van der Waals surface area contributed by atoms with E-state index in [0.717, 1.165) is 18.7 Å². The SMILES string of the molecule is CCCCCCCCn1cc(CCC(N)(CO)CO)nn1. The first-order chi connectivity index (χ1) is 10.1. The van der Waals surface area contributed by atoms with Gasteiger partial charge in [0.1, 0.15) is 0 Å². The summed E-state index contributed by atoms with van der Waals surface area (Å²) < 4.78 is 1.87. The largest absolute Gasteiger partial charge is 0.394 e. The van der Waals surface area contributed by atoms with Gasteiger partial charge < -0.3 is 15.9 Å². The zero-order valence-electron chi connectivity index (χ0n) is 13.2. The fraction of sp³-hybridized carbons (Fsp3) is 0.867. The van der Waals surface area contributed by atoms with E-state index in [-0.39, 0.29) is 13.2 Å². The Morgan fingerprint density at radius 3 is 2.48 bits per heavy atom. The highest BCUT2D eigenvalue weighted by atomic mass is 16.3. The third-order valence-electron chi connectivity index (χ3n) is 3.84. The summed E-state index contributed by atoms with van der Waals surface area (Å²) >= 11 is 0. The summed E-state index contributed by atoms with van der Waals surface area (Å²) in [6.45, 7) is 2.66. The van der Waals surface area contributed by atoms with Gasteiger partial charge in [0.25, 0.3) is 0 Å². The fourth-order valence-electron chi connectivity index (χ4n) is 2.20. The topological polar surface area (TPSA) is 97.2 Å². The van der Waals surface area contributed by atoms with Crippen LogP contribution in [0.3, 0.4) is 0 Å². The predicted molar refractivity (Wildman–Crippen MR) is 82.8 cm³/mol. The van der Waals surface area contributed by atoms with E-state index in [1.165, 1.54) is 32.1 Å². The average Bonchev–Trinajstić information content (AvgIpc) is 2.96. The first-order valence-corrected chi connectivity index (χ1v) is 8.03. The van der Waals surface area contributed by atoms with E-state index < -0.39 is 5.54 Å². The number of aliphatic hydroxyl groups excluding tert-OH is 2. The molecule has 0 saturated carbocycles. The van der Waals surface area contributed by atoms with Gasteiger partial charge in [-0.05, 0) is 19.3 Å². The fourth-order valence-corrected chi connectivity index (χ4v) is 2.20. The monoisotopic (exact) mass is 298 g/mol. The van der Waals surface area contributed by atoms with Gasteiger partial charge >= 0.3 is 0 Å². The minimum atomic E-state index is -0.928. The van der Waals surface area contributed by atoms with E-state index in [2.05, 4.69) is 17.2 Å². The molecule has 1 rings (SSSR count). The van der Waals surface area contributed by atoms with E-state index >= 15 is 0 Å². The number of aliphatic hydroxyl groups is 2. The Morgan fingerprint density at radius 1 is 1.14 bits per heavy atom. The molecule has 0 aliphatic carbocycles. The van der Waals surface area contributed by atoms with Gasteiger partial charge in [-0.25, -0.2) is 0 Å². The van der Waals surface area contributed by atoms with Crippen LogP contribution < -0.4 is 5.73 Å². The van der Waals surface area contributed by atoms with E-state index in [4.69, 9.17) is 15.9 Å². The molecule has 1 aromatic heterocycles. The van der Waals surface area contributed by atoms with Crippen LogP contribution in [-0.2, 0) is 13.0 Å². The van der Waals surface area contributed by atoms with Crippen molar-refractivity contribution in [3.63, 3.8) is 0 Å². The highest BCUT2D eigenvalue weighted by molar-refractivity contribution is 4.96. The van der Waals surface area contributed by atoms with Gasteiger partial charge in [0, 0.05) is 12.7 Å². The Balaban J connectivity index is 2.23. The van der Waals surface area contributed by atoms with Gasteiger partial charge in [0.15, 0.2) is 0 Å². The Kier molecular flexibility index (Phi) is 8.49. The van der Waals surface area contributed by atoms with Crippen molar-refractivity contribution >= 4 is 0 Å². The van der Waals surface area contributed by atoms with Gasteiger partial charge in [-0.3, -0.25) is 4.68 Å². The summed E-state index contributed by atoms with van der Waals surface area (Å²) in [6.07, 6.45) is 10.6. The molecule has 0 bridgehead atoms. The highest BCUT2D eigenvalue weighted by Gasteiger charge is 2.23. The molecule has 0 fully saturated rings. The van der Waals surface area contributed by atoms with Crippen LogP contribution in [0, 0.1) is 0 Å². The third kappa shape index (κ3) is 7.02. The Morgan fingerprint density at radius 2 is 1.81 bits per heavy atom. The first-order valence-electron chi connectivity index (χ1n) is 8.03. The molecule has 0 unspecified atom stereocenters. The molecule has 1 aromatic rings. The number of nitrogens with zero attached hydrogens (tertiary/aromatic N) is 3. The quantitative estimate of drug-likeness (QED) is 0.505. The molecule has 1 heterocycles. The van der Waals surface area contributed by atoms with Crippen molar-refractivity contribution in [2.75, 3.05) is 13.2 Å². The third-order valence-corrected chi connectivity index (χ3v) is 3.84. The van der Waals surface area contributed by atoms with Crippen LogP contribution in [0.4, 0.5) is 0 Å². The molecule has 0 aromatic carbocycles. The number of hydrogen-bond donors (Lipinski definition) is 3. The Hall–Kier alpha value is -0.980. The summed E-state index contributed by atoms with van der Waals surface area (Å²) in [7, 11) is 0. The van der Waals surface area contributed by atoms with Crippen molar-refractivity contribution in [3.05, 3.63) is 11.9 Å². The maximum Gasteiger partial charge on any atom is 0.0827 e. The van der Waals surface area contributed by atoms with Crippen LogP contribution >= 0.6 is 0 Å². The minimum Gasteiger partial charge on any atom is -0.394 e. The second kappa shape index (κ2) is 9.87. The molecule has 0 aliphatic rings. The first kappa shape index (κ1) is 18.1. The van der Waals surface area contributed by atoms with Crippen molar-refractivity contribution in [2.45, 2.75) is 70.4 Å². The smallest absolute Gasteiger partial charge is 0.0827 e. The molecular weight excluding hydrogens is 268 g/mol. The normalized spacial score (nSPS) is 12.0. The molecule has 6 heteroatoms. The number of nitrogens with two attached hydrogens (primary N) is 1. The maximum atomic E-state index is 9.15. The average molecular weight is 298 g/mol. The van der Waals surface area contributed by atoms with Gasteiger partial charge in [0.05, 0.1) is 24.4 Å². The molecule has 0 atom stereocenters. The Labute approximate surface area is 127 Å². The maximum absolute atomic E-state index is 9.15. The number of hydrogen-bond acceptors (Lipinski definition) is 5. The molecule has 122 valence electrons. The summed E-state index contributed by atoms with van der Waals surface area (Å²) in [5.41, 5.74) is 5.77. The standard InChI is InChI=1S/C15H30N4O2/c1-2-3-4-5-6-7-10-19-11-14(17-18-19)8-9-15(16,12-20)13-21/h11,20-21H,2-10,12-13,16H2,1H3. The molecule has 0 saturated heterocycles. The number of rotatable bonds is 12. The molecule has 4 N–H and O–H groups in total. The molecule has 6 nitrogen and oxygen atoms in total. The van der Waals surface area contributed by atoms with Gasteiger partial charge in [0.2, 0.25) is 0 Å². The zero-order valence-corrected chi connectivity index (χ0v) is 13.2. The van der Waals surface area contributed by atoms with Crippen LogP contribution in [0.5, 0.6) is 0 Å². The lowest BCUT2D eigenvalue weighted by Gasteiger charge is -2.23. The Bertz CT molecular complexity index is 378. The lowest BCUT2D eigenvalue weighted by atomic mass is 9.96. The lowest BCUT2D eigenvalue weighted by molar-refractivity contribution is 0.114. The van der Waals surface area contributed by atoms with E-state index in [0.29, 0.717) is 12.8 Å². The minimum absolute atomic E-state index is 0.227. The molecule has 21 heavy (non-hydrogen) atoms. The second-order valence-corrected chi connectivity index (χ2v) is 5.92. The van der Waals surface area contributed by atoms with Gasteiger partial charge in [-0.2, -0.15) is 0 Å². The summed E-state index contributed by atoms with van der Waals surface area (Å²) in [5, 5.41) is 26.5. The van der Waals surface area contributed by atoms with Gasteiger partial charge in [-0.15, -0.1) is 5.10 Å². The van der Waals surface area contributed by atoms with Crippen molar-refractivity contribution in [1.82, 2.24) is 15.0 Å². The van der Waals surface area contributed by atoms with E-state index in [9.17, 15) is 0 Å². The predicted octanol–water partition coefficient (Wildman–Crippen LogP) is 1.25. The highest BCUT2D eigenvalue weighted by Crippen LogP contribution is 2.10. The zero-order chi connectivity index (χ0) is 15.6. The van der Waals surface area contributed by atoms with Gasteiger partial charge in [-0.1, -0.05) is 44.2 Å². The van der Waals surface area contributed by atoms with Crippen molar-refractivity contribution in [1.29, 1.82) is 0 Å².